The van der Waals surface area contributed by atoms with Gasteiger partial charge in [-0.2, -0.15) is 0 Å². The number of aromatic nitrogens is 2. The van der Waals surface area contributed by atoms with Crippen LogP contribution in [0, 0.1) is 0 Å². The molecule has 0 unspecified atom stereocenters. The molecule has 3 aromatic rings. The maximum absolute atomic E-state index is 5.45. The van der Waals surface area contributed by atoms with E-state index in [9.17, 15) is 0 Å². The fourth-order valence-corrected chi connectivity index (χ4v) is 2.65. The van der Waals surface area contributed by atoms with Crippen molar-refractivity contribution in [1.82, 2.24) is 9.97 Å². The molecule has 94 valence electrons. The number of nitrogens with zero attached hydrogens (tertiary/aromatic N) is 2. The largest absolute Gasteiger partial charge is 0.463 e. The van der Waals surface area contributed by atoms with Crippen LogP contribution < -0.4 is 11.5 Å². The van der Waals surface area contributed by atoms with E-state index < -0.39 is 0 Å². The third kappa shape index (κ3) is 3.56. The minimum absolute atomic E-state index is 0.566. The van der Waals surface area contributed by atoms with Crippen LogP contribution in [0.1, 0.15) is 0 Å². The number of thiazole rings is 2. The second-order valence-corrected chi connectivity index (χ2v) is 5.65. The first-order valence-electron chi connectivity index (χ1n) is 4.76. The predicted octanol–water partition coefficient (Wildman–Crippen LogP) is 3.47. The normalized spacial score (nSPS) is 9.83. The molecule has 0 aliphatic carbocycles. The summed E-state index contributed by atoms with van der Waals surface area (Å²) in [6, 6.07) is 3.68. The summed E-state index contributed by atoms with van der Waals surface area (Å²) >= 11 is 5.98. The molecule has 0 aromatic carbocycles. The highest BCUT2D eigenvalue weighted by molar-refractivity contribution is 9.10. The van der Waals surface area contributed by atoms with Crippen molar-refractivity contribution >= 4 is 48.9 Å². The molecule has 5 nitrogen and oxygen atoms in total. The fourth-order valence-electron chi connectivity index (χ4n) is 1.09. The molecule has 4 N–H and O–H groups in total. The molecule has 3 heterocycles. The lowest BCUT2D eigenvalue weighted by Crippen LogP contribution is -1.81. The van der Waals surface area contributed by atoms with Gasteiger partial charge in [0.1, 0.15) is 10.3 Å². The van der Waals surface area contributed by atoms with E-state index in [2.05, 4.69) is 25.9 Å². The summed E-state index contributed by atoms with van der Waals surface area (Å²) in [5, 5.41) is 4.88. The Morgan fingerprint density at radius 2 is 1.83 bits per heavy atom. The number of nitrogens with two attached hydrogens (primary N) is 2. The molecule has 0 aliphatic rings. The maximum atomic E-state index is 5.45. The Morgan fingerprint density at radius 1 is 1.11 bits per heavy atom. The van der Waals surface area contributed by atoms with Crippen LogP contribution in [0.4, 0.5) is 10.3 Å². The number of anilines is 2. The number of rotatable bonds is 1. The van der Waals surface area contributed by atoms with Gasteiger partial charge in [-0.3, -0.25) is 0 Å². The van der Waals surface area contributed by atoms with E-state index in [1.807, 2.05) is 22.9 Å². The predicted molar refractivity (Wildman–Crippen MR) is 78.5 cm³/mol. The van der Waals surface area contributed by atoms with Crippen molar-refractivity contribution in [3.05, 3.63) is 33.8 Å². The molecule has 0 atom stereocenters. The Kier molecular flexibility index (Phi) is 4.34. The Hall–Kier alpha value is -1.38. The Bertz CT molecular complexity index is 588. The summed E-state index contributed by atoms with van der Waals surface area (Å²) in [5.74, 6) is 0.762. The summed E-state index contributed by atoms with van der Waals surface area (Å²) in [7, 11) is 0. The minimum Gasteiger partial charge on any atom is -0.463 e. The van der Waals surface area contributed by atoms with Gasteiger partial charge in [0.15, 0.2) is 16.0 Å². The van der Waals surface area contributed by atoms with E-state index >= 15 is 0 Å². The number of furan rings is 1. The SMILES string of the molecule is Nc1nc(-c2ccco2)cs1.Nc1nc(Br)cs1. The number of nitrogen functional groups attached to an aromatic ring is 2. The van der Waals surface area contributed by atoms with Crippen LogP contribution in [0.2, 0.25) is 0 Å². The lowest BCUT2D eigenvalue weighted by atomic mass is 10.4. The van der Waals surface area contributed by atoms with Crippen molar-refractivity contribution < 1.29 is 4.42 Å². The molecule has 0 aliphatic heterocycles. The van der Waals surface area contributed by atoms with Gasteiger partial charge in [-0.05, 0) is 28.1 Å². The van der Waals surface area contributed by atoms with Crippen LogP contribution in [0.3, 0.4) is 0 Å². The zero-order valence-corrected chi connectivity index (χ0v) is 12.3. The number of hydrogen-bond donors (Lipinski definition) is 2. The van der Waals surface area contributed by atoms with Crippen molar-refractivity contribution in [1.29, 1.82) is 0 Å². The van der Waals surface area contributed by atoms with Gasteiger partial charge in [-0.1, -0.05) is 0 Å². The molecule has 3 aromatic heterocycles. The van der Waals surface area contributed by atoms with Gasteiger partial charge >= 0.3 is 0 Å². The van der Waals surface area contributed by atoms with Crippen LogP contribution in [0.5, 0.6) is 0 Å². The van der Waals surface area contributed by atoms with Crippen LogP contribution in [-0.4, -0.2) is 9.97 Å². The average Bonchev–Trinajstić information content (AvgIpc) is 3.01. The molecule has 8 heteroatoms. The van der Waals surface area contributed by atoms with Gasteiger partial charge in [0.2, 0.25) is 0 Å². The first kappa shape index (κ1) is 13.1. The molecule has 0 radical (unpaired) electrons. The van der Waals surface area contributed by atoms with E-state index in [4.69, 9.17) is 15.9 Å². The van der Waals surface area contributed by atoms with E-state index in [0.717, 1.165) is 16.1 Å². The summed E-state index contributed by atoms with van der Waals surface area (Å²) < 4.78 is 5.94. The lowest BCUT2D eigenvalue weighted by molar-refractivity contribution is 0.580. The van der Waals surface area contributed by atoms with E-state index in [0.29, 0.717) is 10.3 Å². The standard InChI is InChI=1S/C7H6N2OS.C3H3BrN2S/c8-7-9-5(4-11-7)6-2-1-3-10-6;4-2-1-7-3(5)6-2/h1-4H,(H2,8,9);1H,(H2,5,6). The molecule has 0 fully saturated rings. The molecule has 0 amide bonds. The van der Waals surface area contributed by atoms with Gasteiger partial charge in [0.05, 0.1) is 6.26 Å². The smallest absolute Gasteiger partial charge is 0.181 e. The van der Waals surface area contributed by atoms with E-state index in [1.165, 1.54) is 22.7 Å². The van der Waals surface area contributed by atoms with E-state index in [-0.39, 0.29) is 0 Å². The molecule has 18 heavy (non-hydrogen) atoms. The van der Waals surface area contributed by atoms with Crippen molar-refractivity contribution in [3.63, 3.8) is 0 Å². The highest BCUT2D eigenvalue weighted by Gasteiger charge is 2.03. The summed E-state index contributed by atoms with van der Waals surface area (Å²) in [5.41, 5.74) is 11.5. The van der Waals surface area contributed by atoms with Crippen LogP contribution in [-0.2, 0) is 0 Å². The molecule has 0 saturated heterocycles. The summed E-state index contributed by atoms with van der Waals surface area (Å²) in [6.07, 6.45) is 1.62. The number of hydrogen-bond acceptors (Lipinski definition) is 7. The Labute approximate surface area is 120 Å². The highest BCUT2D eigenvalue weighted by Crippen LogP contribution is 2.22. The fraction of sp³-hybridized carbons (Fsp3) is 0. The van der Waals surface area contributed by atoms with Crippen molar-refractivity contribution in [3.8, 4) is 11.5 Å². The van der Waals surface area contributed by atoms with Crippen molar-refractivity contribution in [2.45, 2.75) is 0 Å². The minimum atomic E-state index is 0.566. The van der Waals surface area contributed by atoms with Crippen LogP contribution in [0.25, 0.3) is 11.5 Å². The highest BCUT2D eigenvalue weighted by atomic mass is 79.9. The van der Waals surface area contributed by atoms with E-state index in [1.54, 1.807) is 6.26 Å². The quantitative estimate of drug-likeness (QED) is 0.705. The molecule has 0 bridgehead atoms. The Morgan fingerprint density at radius 3 is 2.22 bits per heavy atom. The third-order valence-corrected chi connectivity index (χ3v) is 3.85. The van der Waals surface area contributed by atoms with Crippen molar-refractivity contribution in [2.75, 3.05) is 11.5 Å². The Balaban J connectivity index is 0.000000149. The maximum Gasteiger partial charge on any atom is 0.181 e. The monoisotopic (exact) mass is 344 g/mol. The first-order valence-corrected chi connectivity index (χ1v) is 7.32. The zero-order valence-electron chi connectivity index (χ0n) is 9.04. The molecule has 3 rings (SSSR count). The zero-order chi connectivity index (χ0) is 13.0. The summed E-state index contributed by atoms with van der Waals surface area (Å²) in [6.45, 7) is 0. The second-order valence-electron chi connectivity index (χ2n) is 3.06. The van der Waals surface area contributed by atoms with Crippen LogP contribution >= 0.6 is 38.6 Å². The van der Waals surface area contributed by atoms with Gasteiger partial charge < -0.3 is 15.9 Å². The molecular formula is C10H9BrN4OS2. The number of halogens is 1. The summed E-state index contributed by atoms with van der Waals surface area (Å²) in [4.78, 5) is 7.88. The average molecular weight is 345 g/mol. The third-order valence-electron chi connectivity index (χ3n) is 1.79. The lowest BCUT2D eigenvalue weighted by Gasteiger charge is -1.84. The second kappa shape index (κ2) is 5.98. The van der Waals surface area contributed by atoms with Gasteiger partial charge in [-0.15, -0.1) is 22.7 Å². The van der Waals surface area contributed by atoms with Gasteiger partial charge in [-0.25, -0.2) is 9.97 Å². The molecule has 0 saturated carbocycles. The van der Waals surface area contributed by atoms with Crippen LogP contribution in [0.15, 0.2) is 38.2 Å². The topological polar surface area (TPSA) is 91.0 Å². The molecular weight excluding hydrogens is 336 g/mol. The van der Waals surface area contributed by atoms with Gasteiger partial charge in [0.25, 0.3) is 0 Å². The van der Waals surface area contributed by atoms with Crippen molar-refractivity contribution in [2.24, 2.45) is 0 Å². The molecule has 0 spiro atoms. The first-order chi connectivity index (χ1) is 8.65. The van der Waals surface area contributed by atoms with Gasteiger partial charge in [0, 0.05) is 10.8 Å².